The van der Waals surface area contributed by atoms with Crippen molar-refractivity contribution in [1.29, 1.82) is 0 Å². The Labute approximate surface area is 142 Å². The summed E-state index contributed by atoms with van der Waals surface area (Å²) in [4.78, 5) is 20.7. The van der Waals surface area contributed by atoms with Gasteiger partial charge in [-0.2, -0.15) is 0 Å². The van der Waals surface area contributed by atoms with Crippen LogP contribution >= 0.6 is 11.3 Å². The number of ether oxygens (including phenoxy) is 1. The Morgan fingerprint density at radius 3 is 2.78 bits per heavy atom. The van der Waals surface area contributed by atoms with Crippen LogP contribution in [0.15, 0.2) is 5.38 Å². The molecule has 0 radical (unpaired) electrons. The summed E-state index contributed by atoms with van der Waals surface area (Å²) < 4.78 is 5.47. The fourth-order valence-electron chi connectivity index (χ4n) is 4.14. The van der Waals surface area contributed by atoms with E-state index in [1.54, 1.807) is 25.4 Å². The third-order valence-electron chi connectivity index (χ3n) is 5.38. The van der Waals surface area contributed by atoms with E-state index in [9.17, 15) is 4.79 Å². The number of rotatable bonds is 4. The molecule has 6 heteroatoms. The van der Waals surface area contributed by atoms with Crippen molar-refractivity contribution in [2.45, 2.75) is 45.7 Å². The molecule has 1 spiro atoms. The predicted octanol–water partition coefficient (Wildman–Crippen LogP) is 2.30. The van der Waals surface area contributed by atoms with Gasteiger partial charge in [0.25, 0.3) is 0 Å². The molecule has 0 aromatic carbocycles. The van der Waals surface area contributed by atoms with Gasteiger partial charge >= 0.3 is 0 Å². The first-order valence-electron chi connectivity index (χ1n) is 8.41. The summed E-state index contributed by atoms with van der Waals surface area (Å²) >= 11 is 1.72. The fourth-order valence-corrected chi connectivity index (χ4v) is 4.75. The second-order valence-electron chi connectivity index (χ2n) is 7.08. The Morgan fingerprint density at radius 1 is 1.48 bits per heavy atom. The molecule has 2 fully saturated rings. The first kappa shape index (κ1) is 16.9. The number of aromatic nitrogens is 1. The molecule has 1 aromatic rings. The number of carbonyl (C=O) groups excluding carboxylic acids is 1. The standard InChI is InChI=1S/C17H27N3O2S/c1-13-18-15(11-23-13)9-20-12-17(8-16(20)10-22-3)4-6-19(7-5-17)14(2)21/h11,16H,4-10,12H2,1-3H3/t16-/m0/s1. The van der Waals surface area contributed by atoms with Crippen LogP contribution in [-0.4, -0.2) is 60.1 Å². The van der Waals surface area contributed by atoms with E-state index in [0.717, 1.165) is 50.6 Å². The summed E-state index contributed by atoms with van der Waals surface area (Å²) in [6.45, 7) is 8.33. The third kappa shape index (κ3) is 3.75. The molecule has 2 saturated heterocycles. The molecule has 0 aliphatic carbocycles. The largest absolute Gasteiger partial charge is 0.383 e. The maximum Gasteiger partial charge on any atom is 0.219 e. The van der Waals surface area contributed by atoms with Gasteiger partial charge in [-0.05, 0) is 31.6 Å². The van der Waals surface area contributed by atoms with Crippen LogP contribution in [0.1, 0.15) is 36.9 Å². The number of carbonyl (C=O) groups is 1. The molecule has 2 aliphatic heterocycles. The van der Waals surface area contributed by atoms with Gasteiger partial charge in [-0.1, -0.05) is 0 Å². The summed E-state index contributed by atoms with van der Waals surface area (Å²) in [5.74, 6) is 0.209. The number of piperidine rings is 1. The van der Waals surface area contributed by atoms with Gasteiger partial charge < -0.3 is 9.64 Å². The average Bonchev–Trinajstić information content (AvgIpc) is 3.05. The average molecular weight is 337 g/mol. The highest BCUT2D eigenvalue weighted by Gasteiger charge is 2.45. The lowest BCUT2D eigenvalue weighted by atomic mass is 9.76. The van der Waals surface area contributed by atoms with Crippen LogP contribution in [0.4, 0.5) is 0 Å². The van der Waals surface area contributed by atoms with Gasteiger partial charge in [-0.3, -0.25) is 9.69 Å². The maximum atomic E-state index is 11.6. The number of thiazole rings is 1. The Kier molecular flexibility index (Phi) is 5.04. The predicted molar refractivity (Wildman–Crippen MR) is 91.5 cm³/mol. The smallest absolute Gasteiger partial charge is 0.219 e. The molecule has 3 heterocycles. The number of nitrogens with zero attached hydrogens (tertiary/aromatic N) is 3. The Bertz CT molecular complexity index is 552. The minimum Gasteiger partial charge on any atom is -0.383 e. The fraction of sp³-hybridized carbons (Fsp3) is 0.765. The van der Waals surface area contributed by atoms with E-state index in [1.807, 2.05) is 4.90 Å². The van der Waals surface area contributed by atoms with Gasteiger partial charge in [0.1, 0.15) is 0 Å². The zero-order valence-corrected chi connectivity index (χ0v) is 15.2. The number of hydrogen-bond acceptors (Lipinski definition) is 5. The second-order valence-corrected chi connectivity index (χ2v) is 8.14. The van der Waals surface area contributed by atoms with Gasteiger partial charge in [-0.15, -0.1) is 11.3 Å². The Hall–Kier alpha value is -0.980. The van der Waals surface area contributed by atoms with Crippen molar-refractivity contribution in [3.05, 3.63) is 16.1 Å². The summed E-state index contributed by atoms with van der Waals surface area (Å²) in [5, 5.41) is 3.30. The maximum absolute atomic E-state index is 11.6. The number of likely N-dealkylation sites (tertiary alicyclic amines) is 2. The highest BCUT2D eigenvalue weighted by Crippen LogP contribution is 2.44. The zero-order valence-electron chi connectivity index (χ0n) is 14.4. The van der Waals surface area contributed by atoms with Gasteiger partial charge in [0.15, 0.2) is 0 Å². The van der Waals surface area contributed by atoms with Crippen molar-refractivity contribution in [2.75, 3.05) is 33.4 Å². The van der Waals surface area contributed by atoms with Gasteiger partial charge in [0.2, 0.25) is 5.91 Å². The van der Waals surface area contributed by atoms with E-state index in [4.69, 9.17) is 4.74 Å². The summed E-state index contributed by atoms with van der Waals surface area (Å²) in [6, 6.07) is 0.464. The van der Waals surface area contributed by atoms with Gasteiger partial charge in [-0.25, -0.2) is 4.98 Å². The van der Waals surface area contributed by atoms with Crippen LogP contribution in [0, 0.1) is 12.3 Å². The monoisotopic (exact) mass is 337 g/mol. The molecule has 5 nitrogen and oxygen atoms in total. The molecule has 128 valence electrons. The molecular weight excluding hydrogens is 310 g/mol. The number of amides is 1. The van der Waals surface area contributed by atoms with Gasteiger partial charge in [0.05, 0.1) is 17.3 Å². The van der Waals surface area contributed by atoms with Crippen LogP contribution in [0.3, 0.4) is 0 Å². The highest BCUT2D eigenvalue weighted by molar-refractivity contribution is 7.09. The summed E-state index contributed by atoms with van der Waals surface area (Å²) in [6.07, 6.45) is 3.40. The first-order valence-corrected chi connectivity index (χ1v) is 9.29. The third-order valence-corrected chi connectivity index (χ3v) is 6.21. The van der Waals surface area contributed by atoms with Gasteiger partial charge in [0, 0.05) is 51.6 Å². The van der Waals surface area contributed by atoms with E-state index >= 15 is 0 Å². The van der Waals surface area contributed by atoms with Crippen LogP contribution < -0.4 is 0 Å². The lowest BCUT2D eigenvalue weighted by Gasteiger charge is -2.39. The highest BCUT2D eigenvalue weighted by atomic mass is 32.1. The molecule has 0 bridgehead atoms. The zero-order chi connectivity index (χ0) is 16.4. The van der Waals surface area contributed by atoms with Crippen LogP contribution in [0.25, 0.3) is 0 Å². The topological polar surface area (TPSA) is 45.7 Å². The molecule has 23 heavy (non-hydrogen) atoms. The van der Waals surface area contributed by atoms with E-state index in [1.165, 1.54) is 12.1 Å². The molecule has 2 aliphatic rings. The van der Waals surface area contributed by atoms with E-state index in [-0.39, 0.29) is 5.91 Å². The Balaban J connectivity index is 1.67. The van der Waals surface area contributed by atoms with Crippen molar-refractivity contribution < 1.29 is 9.53 Å². The molecule has 1 aromatic heterocycles. The van der Waals surface area contributed by atoms with E-state index < -0.39 is 0 Å². The summed E-state index contributed by atoms with van der Waals surface area (Å²) in [7, 11) is 1.79. The van der Waals surface area contributed by atoms with Crippen molar-refractivity contribution in [3.8, 4) is 0 Å². The quantitative estimate of drug-likeness (QED) is 0.846. The normalized spacial score (nSPS) is 24.5. The minimum atomic E-state index is 0.209. The van der Waals surface area contributed by atoms with Crippen molar-refractivity contribution in [3.63, 3.8) is 0 Å². The lowest BCUT2D eigenvalue weighted by Crippen LogP contribution is -2.43. The number of aryl methyl sites for hydroxylation is 1. The summed E-state index contributed by atoms with van der Waals surface area (Å²) in [5.41, 5.74) is 1.52. The van der Waals surface area contributed by atoms with E-state index in [2.05, 4.69) is 22.2 Å². The minimum absolute atomic E-state index is 0.209. The molecule has 0 saturated carbocycles. The molecule has 3 rings (SSSR count). The Morgan fingerprint density at radius 2 is 2.22 bits per heavy atom. The SMILES string of the molecule is COC[C@@H]1CC2(CCN(C(C)=O)CC2)CN1Cc1csc(C)n1. The molecule has 1 atom stereocenters. The first-order chi connectivity index (χ1) is 11.0. The van der Waals surface area contributed by atoms with Crippen molar-refractivity contribution in [1.82, 2.24) is 14.8 Å². The number of hydrogen-bond donors (Lipinski definition) is 0. The van der Waals surface area contributed by atoms with Crippen LogP contribution in [0.5, 0.6) is 0 Å². The molecule has 0 N–H and O–H groups in total. The lowest BCUT2D eigenvalue weighted by molar-refractivity contribution is -0.131. The van der Waals surface area contributed by atoms with Crippen LogP contribution in [-0.2, 0) is 16.1 Å². The van der Waals surface area contributed by atoms with Crippen molar-refractivity contribution in [2.24, 2.45) is 5.41 Å². The number of methoxy groups -OCH3 is 1. The second kappa shape index (κ2) is 6.87. The molecular formula is C17H27N3O2S. The van der Waals surface area contributed by atoms with E-state index in [0.29, 0.717) is 11.5 Å². The molecule has 0 unspecified atom stereocenters. The van der Waals surface area contributed by atoms with Crippen LogP contribution in [0.2, 0.25) is 0 Å². The van der Waals surface area contributed by atoms with Crippen molar-refractivity contribution >= 4 is 17.2 Å². The molecule has 1 amide bonds.